The summed E-state index contributed by atoms with van der Waals surface area (Å²) in [5.41, 5.74) is 0. The van der Waals surface area contributed by atoms with Crippen molar-refractivity contribution < 1.29 is 22.1 Å². The van der Waals surface area contributed by atoms with Gasteiger partial charge in [-0.25, -0.2) is 0 Å². The molecule has 0 fully saturated rings. The summed E-state index contributed by atoms with van der Waals surface area (Å²) >= 11 is 0.847. The van der Waals surface area contributed by atoms with Gasteiger partial charge in [0.1, 0.15) is 0 Å². The van der Waals surface area contributed by atoms with E-state index >= 15 is 0 Å². The molecule has 0 bridgehead atoms. The van der Waals surface area contributed by atoms with Crippen LogP contribution in [-0.4, -0.2) is 23.9 Å². The molecule has 0 aromatic carbocycles. The molecule has 0 aromatic rings. The first kappa shape index (κ1) is 12.9. The molecule has 0 rings (SSSR count). The van der Waals surface area contributed by atoms with Crippen LogP contribution in [0.1, 0.15) is 13.8 Å². The Morgan fingerprint density at radius 1 is 1.50 bits per heavy atom. The predicted octanol–water partition coefficient (Wildman–Crippen LogP) is 1.38. The van der Waals surface area contributed by atoms with Gasteiger partial charge in [-0.2, -0.15) is 0 Å². The van der Waals surface area contributed by atoms with Crippen molar-refractivity contribution in [2.45, 2.75) is 13.8 Å². The quantitative estimate of drug-likeness (QED) is 0.503. The van der Waals surface area contributed by atoms with E-state index in [0.717, 1.165) is 30.4 Å². The van der Waals surface area contributed by atoms with Gasteiger partial charge < -0.3 is 16.6 Å². The Hall–Kier alpha value is 0.253. The first-order valence-electron chi connectivity index (χ1n) is 3.10. The first-order valence-corrected chi connectivity index (χ1v) is 6.99. The van der Waals surface area contributed by atoms with Crippen LogP contribution in [0, 0.1) is 6.92 Å². The molecule has 56 valence electrons. The van der Waals surface area contributed by atoms with E-state index < -0.39 is 0 Å². The molecular formula is C6H12ClNOZn. The maximum atomic E-state index is 10.4. The molecule has 0 saturated carbocycles. The third-order valence-corrected chi connectivity index (χ3v) is 1.12. The van der Waals surface area contributed by atoms with Crippen LogP contribution in [-0.2, 0) is 22.1 Å². The van der Waals surface area contributed by atoms with E-state index in [9.17, 15) is 4.79 Å². The minimum absolute atomic E-state index is 0.0880. The molecule has 0 N–H and O–H groups in total. The average molecular weight is 215 g/mol. The van der Waals surface area contributed by atoms with Crippen molar-refractivity contribution >= 4 is 15.6 Å². The Morgan fingerprint density at radius 2 is 1.80 bits per heavy atom. The molecular weight excluding hydrogens is 203 g/mol. The Morgan fingerprint density at radius 3 is 1.80 bits per heavy atom. The Bertz CT molecular complexity index is 85.8. The first-order chi connectivity index (χ1) is 4.72. The van der Waals surface area contributed by atoms with Gasteiger partial charge in [-0.3, -0.25) is 0 Å². The molecule has 0 unspecified atom stereocenters. The van der Waals surface area contributed by atoms with E-state index in [0.29, 0.717) is 0 Å². The Kier molecular flexibility index (Phi) is 11.9. The standard InChI is InChI=1S/C6H12NO.ClH.Zn/c1-4-7(5-2)6(3)8;;/h3-5H2,1-2H3;1H;/q-1;;+2/p-1. The zero-order valence-electron chi connectivity index (χ0n) is 6.56. The number of carbonyl (C=O) groups excluding carboxylic acids is 1. The van der Waals surface area contributed by atoms with Crippen molar-refractivity contribution in [2.75, 3.05) is 13.1 Å². The molecule has 4 heteroatoms. The van der Waals surface area contributed by atoms with E-state index in [4.69, 9.17) is 9.69 Å². The van der Waals surface area contributed by atoms with Gasteiger partial charge in [-0.15, -0.1) is 0 Å². The second kappa shape index (κ2) is 9.25. The average Bonchev–Trinajstić information content (AvgIpc) is 1.94. The summed E-state index contributed by atoms with van der Waals surface area (Å²) in [6.45, 7) is 8.67. The number of hydrogen-bond acceptors (Lipinski definition) is 1. The molecule has 10 heavy (non-hydrogen) atoms. The van der Waals surface area contributed by atoms with Gasteiger partial charge in [0.25, 0.3) is 0 Å². The summed E-state index contributed by atoms with van der Waals surface area (Å²) in [6.07, 6.45) is 0. The fraction of sp³-hybridized carbons (Fsp3) is 0.667. The molecule has 0 radical (unpaired) electrons. The minimum atomic E-state index is -0.0880. The summed E-state index contributed by atoms with van der Waals surface area (Å²) in [6, 6.07) is 0. The normalized spacial score (nSPS) is 7.70. The summed E-state index contributed by atoms with van der Waals surface area (Å²) in [7, 11) is 4.76. The van der Waals surface area contributed by atoms with Gasteiger partial charge in [-0.1, -0.05) is 0 Å². The van der Waals surface area contributed by atoms with Gasteiger partial charge in [0.05, 0.1) is 5.91 Å². The fourth-order valence-electron chi connectivity index (χ4n) is 0.576. The van der Waals surface area contributed by atoms with Crippen molar-refractivity contribution in [1.82, 2.24) is 4.90 Å². The van der Waals surface area contributed by atoms with Crippen LogP contribution in [0.3, 0.4) is 0 Å². The van der Waals surface area contributed by atoms with Gasteiger partial charge in [0.15, 0.2) is 0 Å². The third kappa shape index (κ3) is 6.37. The van der Waals surface area contributed by atoms with Crippen LogP contribution in [0.15, 0.2) is 0 Å². The van der Waals surface area contributed by atoms with Gasteiger partial charge in [0, 0.05) is 13.1 Å². The van der Waals surface area contributed by atoms with Crippen LogP contribution in [0.2, 0.25) is 0 Å². The molecule has 0 atom stereocenters. The van der Waals surface area contributed by atoms with E-state index in [1.54, 1.807) is 4.90 Å². The van der Waals surface area contributed by atoms with Crippen molar-refractivity contribution in [2.24, 2.45) is 0 Å². The fourth-order valence-corrected chi connectivity index (χ4v) is 0.576. The van der Waals surface area contributed by atoms with Crippen LogP contribution < -0.4 is 0 Å². The van der Waals surface area contributed by atoms with Crippen LogP contribution in [0.4, 0.5) is 0 Å². The van der Waals surface area contributed by atoms with Crippen LogP contribution in [0.5, 0.6) is 0 Å². The predicted molar refractivity (Wildman–Crippen MR) is 39.1 cm³/mol. The molecule has 0 spiro atoms. The second-order valence-electron chi connectivity index (χ2n) is 1.57. The van der Waals surface area contributed by atoms with Gasteiger partial charge in [0.2, 0.25) is 0 Å². The monoisotopic (exact) mass is 213 g/mol. The molecule has 0 heterocycles. The molecule has 2 nitrogen and oxygen atoms in total. The number of rotatable bonds is 2. The Balaban J connectivity index is 0. The van der Waals surface area contributed by atoms with Gasteiger partial charge >= 0.3 is 27.0 Å². The summed E-state index contributed by atoms with van der Waals surface area (Å²) in [5, 5.41) is 0. The number of amides is 1. The zero-order chi connectivity index (χ0) is 8.57. The molecule has 0 aromatic heterocycles. The summed E-state index contributed by atoms with van der Waals surface area (Å²) in [4.78, 5) is 12.1. The van der Waals surface area contributed by atoms with E-state index in [1.807, 2.05) is 13.8 Å². The Labute approximate surface area is 76.6 Å². The van der Waals surface area contributed by atoms with Crippen LogP contribution >= 0.6 is 9.69 Å². The summed E-state index contributed by atoms with van der Waals surface area (Å²) in [5.74, 6) is -0.0880. The second-order valence-corrected chi connectivity index (χ2v) is 1.57. The molecule has 0 aliphatic rings. The van der Waals surface area contributed by atoms with Crippen molar-refractivity contribution in [3.8, 4) is 0 Å². The number of carbonyl (C=O) groups is 1. The van der Waals surface area contributed by atoms with E-state index in [2.05, 4.69) is 6.92 Å². The van der Waals surface area contributed by atoms with Crippen LogP contribution in [0.25, 0.3) is 0 Å². The topological polar surface area (TPSA) is 20.3 Å². The van der Waals surface area contributed by atoms with Crippen molar-refractivity contribution in [1.29, 1.82) is 0 Å². The molecule has 0 aliphatic carbocycles. The molecule has 0 aliphatic heterocycles. The summed E-state index contributed by atoms with van der Waals surface area (Å²) < 4.78 is 0. The third-order valence-electron chi connectivity index (χ3n) is 1.12. The molecule has 0 saturated heterocycles. The van der Waals surface area contributed by atoms with E-state index in [-0.39, 0.29) is 5.91 Å². The van der Waals surface area contributed by atoms with Crippen molar-refractivity contribution in [3.05, 3.63) is 6.92 Å². The number of hydrogen-bond donors (Lipinski definition) is 0. The number of nitrogens with zero attached hydrogens (tertiary/aromatic N) is 1. The number of halogens is 1. The SMILES string of the molecule is [CH2-]C(=O)N(CC)CC.[Cl][Zn+]. The van der Waals surface area contributed by atoms with E-state index in [1.165, 1.54) is 0 Å². The molecule has 1 amide bonds. The van der Waals surface area contributed by atoms with Crippen molar-refractivity contribution in [3.63, 3.8) is 0 Å². The van der Waals surface area contributed by atoms with Gasteiger partial charge in [-0.05, 0) is 13.8 Å². The zero-order valence-corrected chi connectivity index (χ0v) is 10.3. The maximum absolute atomic E-state index is 10.4.